The van der Waals surface area contributed by atoms with Gasteiger partial charge in [0, 0.05) is 17.8 Å². The average molecular weight is 497 g/mol. The number of amides is 2. The quantitative estimate of drug-likeness (QED) is 0.481. The predicted octanol–water partition coefficient (Wildman–Crippen LogP) is 2.72. The topological polar surface area (TPSA) is 87.2 Å². The fourth-order valence-corrected chi connectivity index (χ4v) is 8.40. The third-order valence-corrected chi connectivity index (χ3v) is 9.61. The molecule has 2 fully saturated rings. The molecule has 1 spiro atoms. The molecule has 0 aliphatic carbocycles. The van der Waals surface area contributed by atoms with Crippen molar-refractivity contribution in [2.75, 3.05) is 26.3 Å². The lowest BCUT2D eigenvalue weighted by Crippen LogP contribution is -2.54. The molecular weight excluding hydrogens is 464 g/mol. The standard InChI is InChI=1S/C27H32N2O5S/c1-3-4-14-28-15-8-13-27-20(21-25(33)34-16-9-12-26(21,2)35-27)23(31)29(22(27)24(28)32)19(17-30)18-10-6-5-7-11-18/h5-13,19-22,30H,3-4,14-17H2,1-2H3/t19-,20+,21-,22?,26+,27+/m1/s1. The molecule has 0 radical (unpaired) electrons. The van der Waals surface area contributed by atoms with Crippen LogP contribution in [-0.4, -0.2) is 74.5 Å². The first-order valence-corrected chi connectivity index (χ1v) is 13.2. The molecule has 4 aliphatic heterocycles. The molecule has 1 N–H and O–H groups in total. The number of rotatable bonds is 6. The van der Waals surface area contributed by atoms with Gasteiger partial charge in [0.25, 0.3) is 0 Å². The molecule has 6 atom stereocenters. The highest BCUT2D eigenvalue weighted by molar-refractivity contribution is 8.02. The normalized spacial score (nSPS) is 34.7. The highest BCUT2D eigenvalue weighted by Gasteiger charge is 2.74. The third-order valence-electron chi connectivity index (χ3n) is 7.81. The van der Waals surface area contributed by atoms with Gasteiger partial charge >= 0.3 is 5.97 Å². The van der Waals surface area contributed by atoms with Crippen molar-refractivity contribution in [2.45, 2.75) is 48.3 Å². The van der Waals surface area contributed by atoms with E-state index in [1.165, 1.54) is 11.8 Å². The van der Waals surface area contributed by atoms with E-state index in [4.69, 9.17) is 4.74 Å². The van der Waals surface area contributed by atoms with Crippen molar-refractivity contribution < 1.29 is 24.2 Å². The van der Waals surface area contributed by atoms with Gasteiger partial charge in [-0.3, -0.25) is 14.4 Å². The highest BCUT2D eigenvalue weighted by Crippen LogP contribution is 2.66. The summed E-state index contributed by atoms with van der Waals surface area (Å²) in [4.78, 5) is 45.1. The molecule has 4 heterocycles. The number of unbranched alkanes of at least 4 members (excludes halogenated alkanes) is 1. The van der Waals surface area contributed by atoms with Crippen LogP contribution < -0.4 is 0 Å². The van der Waals surface area contributed by atoms with E-state index in [2.05, 4.69) is 6.92 Å². The van der Waals surface area contributed by atoms with Gasteiger partial charge in [-0.15, -0.1) is 11.8 Å². The molecule has 8 heteroatoms. The molecule has 1 aromatic rings. The van der Waals surface area contributed by atoms with Crippen LogP contribution in [0.25, 0.3) is 0 Å². The number of fused-ring (bicyclic) bond motifs is 2. The number of likely N-dealkylation sites (tertiary alicyclic amines) is 1. The Morgan fingerprint density at radius 2 is 1.89 bits per heavy atom. The monoisotopic (exact) mass is 496 g/mol. The minimum Gasteiger partial charge on any atom is -0.461 e. The zero-order chi connectivity index (χ0) is 24.8. The lowest BCUT2D eigenvalue weighted by molar-refractivity contribution is -0.153. The number of cyclic esters (lactones) is 1. The molecule has 2 saturated heterocycles. The summed E-state index contributed by atoms with van der Waals surface area (Å²) in [6.45, 7) is 4.96. The first kappa shape index (κ1) is 24.1. The average Bonchev–Trinajstić information content (AvgIpc) is 3.11. The van der Waals surface area contributed by atoms with Crippen molar-refractivity contribution in [2.24, 2.45) is 11.8 Å². The number of nitrogens with zero attached hydrogens (tertiary/aromatic N) is 2. The second-order valence-electron chi connectivity index (χ2n) is 9.92. The van der Waals surface area contributed by atoms with Crippen molar-refractivity contribution in [1.29, 1.82) is 0 Å². The van der Waals surface area contributed by atoms with Gasteiger partial charge in [-0.25, -0.2) is 0 Å². The van der Waals surface area contributed by atoms with E-state index < -0.39 is 39.4 Å². The van der Waals surface area contributed by atoms with E-state index >= 15 is 0 Å². The second-order valence-corrected chi connectivity index (χ2v) is 11.7. The Labute approximate surface area is 210 Å². The summed E-state index contributed by atoms with van der Waals surface area (Å²) in [5, 5.41) is 10.5. The number of hydrogen-bond donors (Lipinski definition) is 1. The smallest absolute Gasteiger partial charge is 0.311 e. The molecule has 0 bridgehead atoms. The molecule has 4 aliphatic rings. The molecule has 2 amide bonds. The Bertz CT molecular complexity index is 1070. The molecule has 186 valence electrons. The fourth-order valence-electron chi connectivity index (χ4n) is 6.26. The Hall–Kier alpha value is -2.58. The number of carbonyl (C=O) groups excluding carboxylic acids is 3. The number of esters is 1. The summed E-state index contributed by atoms with van der Waals surface area (Å²) < 4.78 is 3.86. The number of aliphatic hydroxyl groups excluding tert-OH is 1. The summed E-state index contributed by atoms with van der Waals surface area (Å²) in [5.41, 5.74) is 0.760. The van der Waals surface area contributed by atoms with Gasteiger partial charge in [0.05, 0.1) is 29.2 Å². The Morgan fingerprint density at radius 3 is 2.60 bits per heavy atom. The van der Waals surface area contributed by atoms with Crippen LogP contribution in [0.3, 0.4) is 0 Å². The first-order chi connectivity index (χ1) is 16.9. The number of benzene rings is 1. The van der Waals surface area contributed by atoms with Crippen molar-refractivity contribution in [3.63, 3.8) is 0 Å². The molecular formula is C27H32N2O5S. The van der Waals surface area contributed by atoms with Gasteiger partial charge in [0.2, 0.25) is 11.8 Å². The summed E-state index contributed by atoms with van der Waals surface area (Å²) in [7, 11) is 0. The Balaban J connectivity index is 1.67. The van der Waals surface area contributed by atoms with Crippen molar-refractivity contribution in [3.8, 4) is 0 Å². The summed E-state index contributed by atoms with van der Waals surface area (Å²) in [6.07, 6.45) is 9.58. The molecule has 5 rings (SSSR count). The molecule has 1 aromatic carbocycles. The van der Waals surface area contributed by atoms with E-state index in [9.17, 15) is 19.5 Å². The maximum absolute atomic E-state index is 14.3. The summed E-state index contributed by atoms with van der Waals surface area (Å²) in [5.74, 6) is -2.29. The Kier molecular flexibility index (Phi) is 6.30. The minimum atomic E-state index is -0.933. The van der Waals surface area contributed by atoms with Gasteiger partial charge in [-0.05, 0) is 25.0 Å². The number of ether oxygens (including phenoxy) is 1. The van der Waals surface area contributed by atoms with E-state index in [-0.39, 0.29) is 25.0 Å². The molecule has 35 heavy (non-hydrogen) atoms. The molecule has 0 aromatic heterocycles. The van der Waals surface area contributed by atoms with Crippen molar-refractivity contribution in [3.05, 3.63) is 60.2 Å². The van der Waals surface area contributed by atoms with Crippen molar-refractivity contribution >= 4 is 29.5 Å². The Morgan fingerprint density at radius 1 is 1.11 bits per heavy atom. The fraction of sp³-hybridized carbons (Fsp3) is 0.519. The second kappa shape index (κ2) is 9.13. The predicted molar refractivity (Wildman–Crippen MR) is 133 cm³/mol. The zero-order valence-electron chi connectivity index (χ0n) is 20.1. The van der Waals surface area contributed by atoms with Gasteiger partial charge in [-0.1, -0.05) is 61.9 Å². The van der Waals surface area contributed by atoms with Crippen LogP contribution in [0.2, 0.25) is 0 Å². The van der Waals surface area contributed by atoms with Crippen LogP contribution in [0.1, 0.15) is 38.3 Å². The summed E-state index contributed by atoms with van der Waals surface area (Å²) >= 11 is 1.52. The lowest BCUT2D eigenvalue weighted by atomic mass is 9.75. The maximum atomic E-state index is 14.3. The van der Waals surface area contributed by atoms with Gasteiger partial charge in [0.1, 0.15) is 12.6 Å². The molecule has 0 saturated carbocycles. The largest absolute Gasteiger partial charge is 0.461 e. The van der Waals surface area contributed by atoms with Gasteiger partial charge in [-0.2, -0.15) is 0 Å². The highest BCUT2D eigenvalue weighted by atomic mass is 32.2. The van der Waals surface area contributed by atoms with Crippen LogP contribution in [-0.2, 0) is 19.1 Å². The van der Waals surface area contributed by atoms with Crippen LogP contribution >= 0.6 is 11.8 Å². The van der Waals surface area contributed by atoms with Gasteiger partial charge < -0.3 is 19.6 Å². The van der Waals surface area contributed by atoms with Crippen molar-refractivity contribution in [1.82, 2.24) is 9.80 Å². The third kappa shape index (κ3) is 3.64. The number of carbonyl (C=O) groups is 3. The molecule has 1 unspecified atom stereocenters. The SMILES string of the molecule is CCCCN1CC=C[C@]23S[C@@]4(C)C=CCOC(=O)[C@H]4[C@H]2C(=O)N([C@H](CO)c2ccccc2)C3C1=O. The number of aliphatic hydroxyl groups is 1. The first-order valence-electron chi connectivity index (χ1n) is 12.4. The van der Waals surface area contributed by atoms with Crippen LogP contribution in [0.15, 0.2) is 54.6 Å². The van der Waals surface area contributed by atoms with E-state index in [1.807, 2.05) is 66.5 Å². The minimum absolute atomic E-state index is 0.126. The summed E-state index contributed by atoms with van der Waals surface area (Å²) in [6, 6.07) is 7.79. The lowest BCUT2D eigenvalue weighted by Gasteiger charge is -2.39. The molecule has 7 nitrogen and oxygen atoms in total. The zero-order valence-corrected chi connectivity index (χ0v) is 20.9. The van der Waals surface area contributed by atoms with Gasteiger partial charge in [0.15, 0.2) is 0 Å². The maximum Gasteiger partial charge on any atom is 0.311 e. The number of hydrogen-bond acceptors (Lipinski definition) is 6. The van der Waals surface area contributed by atoms with Crippen LogP contribution in [0.4, 0.5) is 0 Å². The van der Waals surface area contributed by atoms with E-state index in [0.29, 0.717) is 13.1 Å². The van der Waals surface area contributed by atoms with E-state index in [0.717, 1.165) is 18.4 Å². The van der Waals surface area contributed by atoms with Crippen LogP contribution in [0.5, 0.6) is 0 Å². The number of thioether (sulfide) groups is 1. The van der Waals surface area contributed by atoms with E-state index in [1.54, 1.807) is 4.90 Å². The van der Waals surface area contributed by atoms with Crippen LogP contribution in [0, 0.1) is 11.8 Å².